The third kappa shape index (κ3) is 2.61. The Morgan fingerprint density at radius 2 is 1.90 bits per heavy atom. The number of hydrogen-bond donors (Lipinski definition) is 1. The Morgan fingerprint density at radius 3 is 2.60 bits per heavy atom. The summed E-state index contributed by atoms with van der Waals surface area (Å²) in [4.78, 5) is 11.5. The van der Waals surface area contributed by atoms with Gasteiger partial charge in [0, 0.05) is 5.92 Å². The molecule has 0 bridgehead atoms. The first-order valence-electron chi connectivity index (χ1n) is 7.29. The number of aliphatic hydroxyl groups excluding tert-OH is 1. The lowest BCUT2D eigenvalue weighted by atomic mass is 9.93. The molecule has 0 heterocycles. The van der Waals surface area contributed by atoms with Crippen LogP contribution in [0.15, 0.2) is 42.5 Å². The van der Waals surface area contributed by atoms with Crippen LogP contribution < -0.4 is 0 Å². The topological polar surface area (TPSA) is 37.3 Å². The highest BCUT2D eigenvalue weighted by Gasteiger charge is 2.34. The van der Waals surface area contributed by atoms with Crippen LogP contribution in [-0.2, 0) is 11.2 Å². The van der Waals surface area contributed by atoms with Gasteiger partial charge in [-0.3, -0.25) is 4.79 Å². The Balaban J connectivity index is 1.78. The fourth-order valence-electron chi connectivity index (χ4n) is 3.32. The Labute approximate surface area is 119 Å². The van der Waals surface area contributed by atoms with Gasteiger partial charge in [0.1, 0.15) is 5.78 Å². The second-order valence-electron chi connectivity index (χ2n) is 5.99. The number of hydrogen-bond acceptors (Lipinski definition) is 2. The second kappa shape index (κ2) is 5.37. The van der Waals surface area contributed by atoms with Gasteiger partial charge in [-0.05, 0) is 48.4 Å². The highest BCUT2D eigenvalue weighted by molar-refractivity contribution is 5.83. The molecule has 1 saturated carbocycles. The van der Waals surface area contributed by atoms with E-state index in [2.05, 4.69) is 30.3 Å². The quantitative estimate of drug-likeness (QED) is 0.926. The molecule has 2 aromatic carbocycles. The summed E-state index contributed by atoms with van der Waals surface area (Å²) in [6.07, 6.45) is 1.97. The van der Waals surface area contributed by atoms with Crippen molar-refractivity contribution >= 4 is 16.6 Å². The van der Waals surface area contributed by atoms with Crippen molar-refractivity contribution in [1.82, 2.24) is 0 Å². The van der Waals surface area contributed by atoms with Crippen molar-refractivity contribution in [3.63, 3.8) is 0 Å². The third-order valence-electron chi connectivity index (χ3n) is 4.54. The molecule has 0 amide bonds. The summed E-state index contributed by atoms with van der Waals surface area (Å²) in [7, 11) is 0. The largest absolute Gasteiger partial charge is 0.393 e. The minimum Gasteiger partial charge on any atom is -0.393 e. The summed E-state index contributed by atoms with van der Waals surface area (Å²) in [5.41, 5.74) is 1.25. The van der Waals surface area contributed by atoms with E-state index in [1.54, 1.807) is 6.92 Å². The van der Waals surface area contributed by atoms with E-state index in [1.807, 2.05) is 12.1 Å². The van der Waals surface area contributed by atoms with Gasteiger partial charge in [-0.1, -0.05) is 42.5 Å². The maximum atomic E-state index is 11.5. The fourth-order valence-corrected chi connectivity index (χ4v) is 3.32. The van der Waals surface area contributed by atoms with Crippen molar-refractivity contribution in [1.29, 1.82) is 0 Å². The Bertz CT molecular complexity index is 632. The van der Waals surface area contributed by atoms with Crippen LogP contribution in [0.3, 0.4) is 0 Å². The maximum absolute atomic E-state index is 11.5. The van der Waals surface area contributed by atoms with Crippen LogP contribution in [0.25, 0.3) is 10.8 Å². The summed E-state index contributed by atoms with van der Waals surface area (Å²) in [6, 6.07) is 14.8. The Kier molecular flexibility index (Phi) is 3.58. The van der Waals surface area contributed by atoms with E-state index < -0.39 is 0 Å². The molecular formula is C18H20O2. The number of Topliss-reactive ketones (excluding diaryl/α,β-unsaturated/α-hetero) is 1. The third-order valence-corrected chi connectivity index (χ3v) is 4.54. The van der Waals surface area contributed by atoms with Gasteiger partial charge in [0.05, 0.1) is 6.10 Å². The van der Waals surface area contributed by atoms with Crippen molar-refractivity contribution < 1.29 is 9.90 Å². The molecule has 0 spiro atoms. The summed E-state index contributed by atoms with van der Waals surface area (Å²) in [5, 5.41) is 12.6. The van der Waals surface area contributed by atoms with Crippen LogP contribution in [0, 0.1) is 11.8 Å². The zero-order valence-corrected chi connectivity index (χ0v) is 11.8. The van der Waals surface area contributed by atoms with E-state index in [1.165, 1.54) is 16.3 Å². The van der Waals surface area contributed by atoms with Gasteiger partial charge in [0.15, 0.2) is 0 Å². The lowest BCUT2D eigenvalue weighted by Crippen LogP contribution is -2.15. The molecule has 1 unspecified atom stereocenters. The van der Waals surface area contributed by atoms with Gasteiger partial charge in [-0.15, -0.1) is 0 Å². The number of carbonyl (C=O) groups excluding carboxylic acids is 1. The Hall–Kier alpha value is -1.67. The molecule has 1 aliphatic rings. The summed E-state index contributed by atoms with van der Waals surface area (Å²) in [5.74, 6) is 0.477. The first-order chi connectivity index (χ1) is 9.63. The lowest BCUT2D eigenvalue weighted by molar-refractivity contribution is -0.120. The lowest BCUT2D eigenvalue weighted by Gasteiger charge is -2.14. The minimum absolute atomic E-state index is 0.0513. The van der Waals surface area contributed by atoms with Gasteiger partial charge in [-0.2, -0.15) is 0 Å². The molecule has 0 aromatic heterocycles. The number of aliphatic hydroxyl groups is 1. The standard InChI is InChI=1S/C18H20O2/c1-12(19)16-10-17(18(20)11-16)9-13-6-7-14-4-2-3-5-15(14)8-13/h2-8,16-18,20H,9-11H2,1H3/t16-,17-,18?/m0/s1. The SMILES string of the molecule is CC(=O)[C@@H]1CC(O)[C@@H](Cc2ccc3ccccc3c2)C1. The Morgan fingerprint density at radius 1 is 1.15 bits per heavy atom. The predicted octanol–water partition coefficient (Wildman–Crippen LogP) is 3.36. The van der Waals surface area contributed by atoms with Crippen molar-refractivity contribution in [2.75, 3.05) is 0 Å². The van der Waals surface area contributed by atoms with Crippen LogP contribution in [0.2, 0.25) is 0 Å². The monoisotopic (exact) mass is 268 g/mol. The van der Waals surface area contributed by atoms with Gasteiger partial charge in [0.2, 0.25) is 0 Å². The average molecular weight is 268 g/mol. The van der Waals surface area contributed by atoms with Crippen LogP contribution in [0.5, 0.6) is 0 Å². The van der Waals surface area contributed by atoms with E-state index >= 15 is 0 Å². The molecule has 0 aliphatic heterocycles. The molecule has 1 N–H and O–H groups in total. The predicted molar refractivity (Wildman–Crippen MR) is 80.6 cm³/mol. The second-order valence-corrected chi connectivity index (χ2v) is 5.99. The molecule has 2 heteroatoms. The molecule has 3 atom stereocenters. The number of rotatable bonds is 3. The van der Waals surface area contributed by atoms with E-state index in [9.17, 15) is 9.90 Å². The van der Waals surface area contributed by atoms with E-state index in [0.29, 0.717) is 6.42 Å². The van der Waals surface area contributed by atoms with E-state index in [-0.39, 0.29) is 23.7 Å². The van der Waals surface area contributed by atoms with Gasteiger partial charge >= 0.3 is 0 Å². The van der Waals surface area contributed by atoms with Crippen LogP contribution in [0.1, 0.15) is 25.3 Å². The van der Waals surface area contributed by atoms with Gasteiger partial charge in [-0.25, -0.2) is 0 Å². The normalized spacial score (nSPS) is 26.0. The van der Waals surface area contributed by atoms with E-state index in [0.717, 1.165) is 12.8 Å². The maximum Gasteiger partial charge on any atom is 0.133 e. The van der Waals surface area contributed by atoms with E-state index in [4.69, 9.17) is 0 Å². The minimum atomic E-state index is -0.338. The highest BCUT2D eigenvalue weighted by atomic mass is 16.3. The van der Waals surface area contributed by atoms with Crippen LogP contribution in [0.4, 0.5) is 0 Å². The van der Waals surface area contributed by atoms with Crippen molar-refractivity contribution in [3.05, 3.63) is 48.0 Å². The molecule has 0 radical (unpaired) electrons. The summed E-state index contributed by atoms with van der Waals surface area (Å²) < 4.78 is 0. The summed E-state index contributed by atoms with van der Waals surface area (Å²) >= 11 is 0. The van der Waals surface area contributed by atoms with Crippen LogP contribution in [-0.4, -0.2) is 17.0 Å². The van der Waals surface area contributed by atoms with Crippen LogP contribution >= 0.6 is 0 Å². The molecule has 2 nitrogen and oxygen atoms in total. The summed E-state index contributed by atoms with van der Waals surface area (Å²) in [6.45, 7) is 1.63. The van der Waals surface area contributed by atoms with Crippen molar-refractivity contribution in [3.8, 4) is 0 Å². The van der Waals surface area contributed by atoms with Gasteiger partial charge in [0.25, 0.3) is 0 Å². The molecule has 1 fully saturated rings. The van der Waals surface area contributed by atoms with Gasteiger partial charge < -0.3 is 5.11 Å². The van der Waals surface area contributed by atoms with Crippen molar-refractivity contribution in [2.24, 2.45) is 11.8 Å². The molecule has 0 saturated heterocycles. The zero-order chi connectivity index (χ0) is 14.1. The molecule has 104 valence electrons. The fraction of sp³-hybridized carbons (Fsp3) is 0.389. The number of ketones is 1. The average Bonchev–Trinajstić information content (AvgIpc) is 2.80. The first-order valence-corrected chi connectivity index (χ1v) is 7.29. The first kappa shape index (κ1) is 13.3. The number of carbonyl (C=O) groups is 1. The molecule has 1 aliphatic carbocycles. The molecule has 2 aromatic rings. The highest BCUT2D eigenvalue weighted by Crippen LogP contribution is 2.34. The van der Waals surface area contributed by atoms with Crippen molar-refractivity contribution in [2.45, 2.75) is 32.3 Å². The molecule has 3 rings (SSSR count). The zero-order valence-electron chi connectivity index (χ0n) is 11.8. The number of fused-ring (bicyclic) bond motifs is 1. The number of benzene rings is 2. The smallest absolute Gasteiger partial charge is 0.133 e. The molecular weight excluding hydrogens is 248 g/mol. The molecule has 20 heavy (non-hydrogen) atoms.